The van der Waals surface area contributed by atoms with Crippen molar-refractivity contribution in [2.75, 3.05) is 83.9 Å². The lowest BCUT2D eigenvalue weighted by atomic mass is 10.2. The van der Waals surface area contributed by atoms with Gasteiger partial charge in [0, 0.05) is 25.1 Å². The second-order valence-corrected chi connectivity index (χ2v) is 7.60. The number of nitrogens with one attached hydrogen (secondary N) is 1. The monoisotopic (exact) mass is 489 g/mol. The summed E-state index contributed by atoms with van der Waals surface area (Å²) in [5, 5.41) is 2.71. The van der Waals surface area contributed by atoms with E-state index in [1.165, 1.54) is 19.8 Å². The molecular weight excluding hydrogens is 450 g/mol. The molecule has 0 heterocycles. The van der Waals surface area contributed by atoms with Gasteiger partial charge < -0.3 is 33.7 Å². The van der Waals surface area contributed by atoms with Crippen molar-refractivity contribution < 1.29 is 33.2 Å². The Hall–Kier alpha value is -1.42. The Morgan fingerprint density at radius 1 is 0.667 bits per heavy atom. The standard InChI is InChI=1S/C24H40ClNO7/c1-22(27)26-23-6-8-24(9-7-23)33-21-20-32-19-18-31-17-16-30-15-14-29-13-12-28-11-5-3-2-4-10-25/h6-9H,2-5,10-21H2,1H3,(H,26,27). The van der Waals surface area contributed by atoms with E-state index < -0.39 is 0 Å². The van der Waals surface area contributed by atoms with E-state index in [9.17, 15) is 4.79 Å². The van der Waals surface area contributed by atoms with Gasteiger partial charge in [-0.05, 0) is 37.1 Å². The van der Waals surface area contributed by atoms with Crippen molar-refractivity contribution in [3.63, 3.8) is 0 Å². The molecule has 1 amide bonds. The third kappa shape index (κ3) is 19.7. The minimum atomic E-state index is -0.1000. The second kappa shape index (κ2) is 22.4. The number of hydrogen-bond donors (Lipinski definition) is 1. The molecule has 190 valence electrons. The first-order valence-electron chi connectivity index (χ1n) is 11.7. The van der Waals surface area contributed by atoms with Gasteiger partial charge in [-0.3, -0.25) is 4.79 Å². The maximum atomic E-state index is 11.0. The predicted octanol–water partition coefficient (Wildman–Crippen LogP) is 3.91. The summed E-state index contributed by atoms with van der Waals surface area (Å²) >= 11 is 5.64. The number of amides is 1. The van der Waals surface area contributed by atoms with E-state index >= 15 is 0 Å². The molecule has 1 aromatic carbocycles. The molecule has 0 saturated carbocycles. The Balaban J connectivity index is 1.75. The van der Waals surface area contributed by atoms with Crippen LogP contribution in [0.2, 0.25) is 0 Å². The van der Waals surface area contributed by atoms with Crippen molar-refractivity contribution in [3.8, 4) is 5.75 Å². The number of hydrogen-bond acceptors (Lipinski definition) is 7. The van der Waals surface area contributed by atoms with E-state index in [-0.39, 0.29) is 5.91 Å². The summed E-state index contributed by atoms with van der Waals surface area (Å²) in [5.41, 5.74) is 0.741. The molecule has 33 heavy (non-hydrogen) atoms. The van der Waals surface area contributed by atoms with E-state index in [4.69, 9.17) is 40.0 Å². The summed E-state index contributed by atoms with van der Waals surface area (Å²) in [6, 6.07) is 7.20. The molecule has 1 aromatic rings. The Labute approximate surface area is 203 Å². The van der Waals surface area contributed by atoms with Gasteiger partial charge in [0.15, 0.2) is 0 Å². The van der Waals surface area contributed by atoms with Crippen LogP contribution >= 0.6 is 11.6 Å². The summed E-state index contributed by atoms with van der Waals surface area (Å²) in [7, 11) is 0. The summed E-state index contributed by atoms with van der Waals surface area (Å²) < 4.78 is 32.9. The van der Waals surface area contributed by atoms with Crippen LogP contribution in [0.3, 0.4) is 0 Å². The van der Waals surface area contributed by atoms with Crippen molar-refractivity contribution in [2.24, 2.45) is 0 Å². The molecule has 0 fully saturated rings. The van der Waals surface area contributed by atoms with Crippen molar-refractivity contribution in [1.29, 1.82) is 0 Å². The molecule has 0 saturated heterocycles. The van der Waals surface area contributed by atoms with Crippen molar-refractivity contribution in [1.82, 2.24) is 0 Å². The van der Waals surface area contributed by atoms with Crippen LogP contribution in [0.5, 0.6) is 5.75 Å². The van der Waals surface area contributed by atoms with Crippen LogP contribution < -0.4 is 10.1 Å². The highest BCUT2D eigenvalue weighted by atomic mass is 35.5. The smallest absolute Gasteiger partial charge is 0.221 e. The van der Waals surface area contributed by atoms with Crippen LogP contribution in [0.1, 0.15) is 32.6 Å². The van der Waals surface area contributed by atoms with E-state index in [1.807, 2.05) is 0 Å². The lowest BCUT2D eigenvalue weighted by Crippen LogP contribution is -2.14. The minimum Gasteiger partial charge on any atom is -0.491 e. The average Bonchev–Trinajstić information content (AvgIpc) is 2.81. The zero-order valence-electron chi connectivity index (χ0n) is 19.9. The lowest BCUT2D eigenvalue weighted by Gasteiger charge is -2.09. The number of halogens is 1. The van der Waals surface area contributed by atoms with Gasteiger partial charge in [0.05, 0.1) is 59.5 Å². The molecule has 0 bridgehead atoms. The van der Waals surface area contributed by atoms with Gasteiger partial charge in [0.2, 0.25) is 5.91 Å². The molecule has 0 radical (unpaired) electrons. The lowest BCUT2D eigenvalue weighted by molar-refractivity contribution is -0.114. The summed E-state index contributed by atoms with van der Waals surface area (Å²) in [4.78, 5) is 11.0. The molecule has 0 spiro atoms. The van der Waals surface area contributed by atoms with Crippen LogP contribution in [0.15, 0.2) is 24.3 Å². The Kier molecular flexibility index (Phi) is 20.1. The number of carbonyl (C=O) groups excluding carboxylic acids is 1. The molecule has 0 unspecified atom stereocenters. The second-order valence-electron chi connectivity index (χ2n) is 7.22. The molecule has 8 nitrogen and oxygen atoms in total. The molecule has 9 heteroatoms. The van der Waals surface area contributed by atoms with Crippen LogP contribution in [0.4, 0.5) is 5.69 Å². The number of carbonyl (C=O) groups is 1. The third-order valence-electron chi connectivity index (χ3n) is 4.33. The Morgan fingerprint density at radius 2 is 1.12 bits per heavy atom. The largest absolute Gasteiger partial charge is 0.491 e. The minimum absolute atomic E-state index is 0.1000. The fourth-order valence-electron chi connectivity index (χ4n) is 2.69. The highest BCUT2D eigenvalue weighted by Crippen LogP contribution is 2.15. The van der Waals surface area contributed by atoms with Gasteiger partial charge in [0.1, 0.15) is 12.4 Å². The summed E-state index contributed by atoms with van der Waals surface area (Å²) in [6.07, 6.45) is 4.50. The molecule has 1 N–H and O–H groups in total. The number of benzene rings is 1. The van der Waals surface area contributed by atoms with Crippen molar-refractivity contribution >= 4 is 23.2 Å². The molecule has 0 atom stereocenters. The van der Waals surface area contributed by atoms with E-state index in [0.717, 1.165) is 36.8 Å². The Morgan fingerprint density at radius 3 is 1.61 bits per heavy atom. The fourth-order valence-corrected chi connectivity index (χ4v) is 2.88. The summed E-state index contributed by atoms with van der Waals surface area (Å²) in [6.45, 7) is 7.54. The topological polar surface area (TPSA) is 84.5 Å². The van der Waals surface area contributed by atoms with Gasteiger partial charge in [0.25, 0.3) is 0 Å². The highest BCUT2D eigenvalue weighted by molar-refractivity contribution is 6.17. The SMILES string of the molecule is CC(=O)Nc1ccc(OCCOCCOCCOCCOCCOCCCCCCCl)cc1. The van der Waals surface area contributed by atoms with Gasteiger partial charge in [-0.25, -0.2) is 0 Å². The third-order valence-corrected chi connectivity index (χ3v) is 4.60. The number of alkyl halides is 1. The van der Waals surface area contributed by atoms with E-state index in [1.54, 1.807) is 24.3 Å². The van der Waals surface area contributed by atoms with Crippen molar-refractivity contribution in [2.45, 2.75) is 32.6 Å². The maximum Gasteiger partial charge on any atom is 0.221 e. The van der Waals surface area contributed by atoms with E-state index in [2.05, 4.69) is 5.32 Å². The van der Waals surface area contributed by atoms with Crippen LogP contribution in [0, 0.1) is 0 Å². The fraction of sp³-hybridized carbons (Fsp3) is 0.708. The number of rotatable bonds is 23. The van der Waals surface area contributed by atoms with Gasteiger partial charge >= 0.3 is 0 Å². The van der Waals surface area contributed by atoms with Crippen LogP contribution in [-0.2, 0) is 28.5 Å². The van der Waals surface area contributed by atoms with Gasteiger partial charge in [-0.1, -0.05) is 12.8 Å². The quantitative estimate of drug-likeness (QED) is 0.184. The molecule has 0 aliphatic rings. The first kappa shape index (κ1) is 29.6. The Bertz CT molecular complexity index is 574. The average molecular weight is 490 g/mol. The van der Waals surface area contributed by atoms with Gasteiger partial charge in [-0.15, -0.1) is 11.6 Å². The van der Waals surface area contributed by atoms with Crippen LogP contribution in [-0.4, -0.2) is 84.5 Å². The molecular formula is C24H40ClNO7. The zero-order chi connectivity index (χ0) is 23.8. The first-order chi connectivity index (χ1) is 16.2. The number of anilines is 1. The summed E-state index contributed by atoms with van der Waals surface area (Å²) in [5.74, 6) is 1.37. The highest BCUT2D eigenvalue weighted by Gasteiger charge is 1.98. The first-order valence-corrected chi connectivity index (χ1v) is 12.2. The molecule has 0 aliphatic heterocycles. The molecule has 0 aromatic heterocycles. The molecule has 1 rings (SSSR count). The maximum absolute atomic E-state index is 11.0. The normalized spacial score (nSPS) is 11.0. The van der Waals surface area contributed by atoms with Gasteiger partial charge in [-0.2, -0.15) is 0 Å². The van der Waals surface area contributed by atoms with Crippen LogP contribution in [0.25, 0.3) is 0 Å². The van der Waals surface area contributed by atoms with E-state index in [0.29, 0.717) is 66.1 Å². The predicted molar refractivity (Wildman–Crippen MR) is 130 cm³/mol. The number of ether oxygens (including phenoxy) is 6. The zero-order valence-corrected chi connectivity index (χ0v) is 20.6. The number of unbranched alkanes of at least 4 members (excludes halogenated alkanes) is 3. The van der Waals surface area contributed by atoms with Crippen molar-refractivity contribution in [3.05, 3.63) is 24.3 Å². The molecule has 0 aliphatic carbocycles.